The molecule has 0 atom stereocenters. The average Bonchev–Trinajstić information content (AvgIpc) is 3.15. The number of benzene rings is 3. The first-order chi connectivity index (χ1) is 26.2. The van der Waals surface area contributed by atoms with Gasteiger partial charge >= 0.3 is 0 Å². The number of anilines is 2. The van der Waals surface area contributed by atoms with Crippen molar-refractivity contribution in [3.8, 4) is 5.88 Å². The molecule has 2 fully saturated rings. The van der Waals surface area contributed by atoms with Gasteiger partial charge < -0.3 is 24.3 Å². The van der Waals surface area contributed by atoms with E-state index in [1.807, 2.05) is 0 Å². The van der Waals surface area contributed by atoms with Crippen LogP contribution >= 0.6 is 104 Å². The van der Waals surface area contributed by atoms with E-state index in [1.165, 1.54) is 0 Å². The summed E-state index contributed by atoms with van der Waals surface area (Å²) in [7, 11) is 5.82. The van der Waals surface area contributed by atoms with Gasteiger partial charge in [-0.15, -0.1) is 0 Å². The number of fused-ring (bicyclic) bond motifs is 3. The Morgan fingerprint density at radius 2 is 0.691 bits per heavy atom. The second-order valence-electron chi connectivity index (χ2n) is 12.5. The number of hydrogen-bond acceptors (Lipinski definition) is 11. The molecule has 0 radical (unpaired) electrons. The van der Waals surface area contributed by atoms with Crippen LogP contribution in [0.1, 0.15) is 0 Å². The minimum atomic E-state index is 0.151. The van der Waals surface area contributed by atoms with Gasteiger partial charge in [-0.2, -0.15) is 0 Å². The van der Waals surface area contributed by atoms with Gasteiger partial charge in [-0.05, 0) is 50.5 Å². The third-order valence-corrected chi connectivity index (χ3v) is 11.8. The summed E-state index contributed by atoms with van der Waals surface area (Å²) in [5.41, 5.74) is 3.89. The Hall–Kier alpha value is -2.39. The van der Waals surface area contributed by atoms with E-state index in [4.69, 9.17) is 109 Å². The zero-order valence-corrected chi connectivity index (χ0v) is 36.2. The fraction of sp³-hybridized carbons (Fsp3) is 0.314. The van der Waals surface area contributed by atoms with Crippen molar-refractivity contribution in [2.75, 3.05) is 83.4 Å². The SMILES string of the molecule is CN1CCN(c2nc3cc(Cl)c(Cl)cc3nc2Cl)CC1.COc1nc2cc(Cl)c(Cl)cc2nc1N1CCN(C)CC1.Clc1cc2nc(Cl)c(Cl)nc2cc1Cl. The number of likely N-dealkylation sites (N-methyl/N-ethyl adjacent to an activating group) is 2. The molecule has 3 aromatic carbocycles. The Balaban J connectivity index is 0.000000143. The smallest absolute Gasteiger partial charge is 0.257 e. The van der Waals surface area contributed by atoms with E-state index in [0.717, 1.165) is 63.7 Å². The highest BCUT2D eigenvalue weighted by Gasteiger charge is 2.22. The van der Waals surface area contributed by atoms with Crippen LogP contribution in [0.3, 0.4) is 0 Å². The molecule has 55 heavy (non-hydrogen) atoms. The molecule has 0 unspecified atom stereocenters. The molecule has 290 valence electrons. The Morgan fingerprint density at radius 1 is 0.400 bits per heavy atom. The maximum atomic E-state index is 6.26. The summed E-state index contributed by atoms with van der Waals surface area (Å²) in [6.45, 7) is 7.52. The van der Waals surface area contributed by atoms with Crippen LogP contribution in [0.4, 0.5) is 11.6 Å². The first-order valence-corrected chi connectivity index (χ1v) is 20.0. The van der Waals surface area contributed by atoms with Crippen molar-refractivity contribution < 1.29 is 4.74 Å². The van der Waals surface area contributed by atoms with Crippen molar-refractivity contribution in [1.82, 2.24) is 39.7 Å². The number of rotatable bonds is 3. The summed E-state index contributed by atoms with van der Waals surface area (Å²) in [4.78, 5) is 35.1. The standard InChI is InChI=1S/C14H16Cl2N4O.C13H13Cl3N4.C8H2Cl4N2/c1-19-3-5-20(6-4-19)13-14(21-2)18-12-8-10(16)9(15)7-11(12)17-13;1-19-2-4-20(5-3-19)13-12(16)17-10-6-8(14)9(15)7-11(10)18-13;9-3-1-5-6(2-4(3)10)14-8(12)7(11)13-5/h7-8H,3-6H2,1-2H3;6-7H,2-5H2,1H3;1-2H. The van der Waals surface area contributed by atoms with Gasteiger partial charge in [-0.3, -0.25) is 0 Å². The zero-order chi connectivity index (χ0) is 39.6. The number of aromatic nitrogens is 6. The summed E-state index contributed by atoms with van der Waals surface area (Å²) < 4.78 is 5.40. The van der Waals surface area contributed by atoms with Crippen LogP contribution in [0, 0.1) is 0 Å². The summed E-state index contributed by atoms with van der Waals surface area (Å²) in [5.74, 6) is 1.99. The fourth-order valence-corrected chi connectivity index (χ4v) is 7.10. The average molecular weight is 927 g/mol. The Labute approximate surface area is 362 Å². The topological polar surface area (TPSA) is 99.5 Å². The molecule has 0 amide bonds. The quantitative estimate of drug-likeness (QED) is 0.170. The minimum Gasteiger partial charge on any atom is -0.478 e. The van der Waals surface area contributed by atoms with Crippen molar-refractivity contribution in [2.45, 2.75) is 0 Å². The van der Waals surface area contributed by atoms with Gasteiger partial charge in [0.15, 0.2) is 27.1 Å². The molecule has 8 rings (SSSR count). The lowest BCUT2D eigenvalue weighted by molar-refractivity contribution is 0.309. The molecule has 5 heterocycles. The van der Waals surface area contributed by atoms with E-state index in [2.05, 4.69) is 63.6 Å². The second-order valence-corrected chi connectivity index (χ2v) is 16.1. The van der Waals surface area contributed by atoms with Crippen molar-refractivity contribution in [1.29, 1.82) is 0 Å². The maximum Gasteiger partial charge on any atom is 0.257 e. The molecular weight excluding hydrogens is 896 g/mol. The number of methoxy groups -OCH3 is 1. The molecule has 0 saturated carbocycles. The third-order valence-electron chi connectivity index (χ3n) is 8.73. The molecule has 0 aliphatic carbocycles. The van der Waals surface area contributed by atoms with E-state index < -0.39 is 0 Å². The van der Waals surface area contributed by atoms with Gasteiger partial charge in [0.05, 0.1) is 70.3 Å². The highest BCUT2D eigenvalue weighted by atomic mass is 35.5. The molecule has 11 nitrogen and oxygen atoms in total. The van der Waals surface area contributed by atoms with Crippen LogP contribution in [-0.4, -0.2) is 113 Å². The van der Waals surface area contributed by atoms with E-state index in [0.29, 0.717) is 74.6 Å². The van der Waals surface area contributed by atoms with Crippen LogP contribution in [0.15, 0.2) is 36.4 Å². The zero-order valence-electron chi connectivity index (χ0n) is 29.4. The lowest BCUT2D eigenvalue weighted by atomic mass is 10.3. The fourth-order valence-electron chi connectivity index (χ4n) is 5.64. The van der Waals surface area contributed by atoms with E-state index in [9.17, 15) is 0 Å². The highest BCUT2D eigenvalue weighted by Crippen LogP contribution is 2.33. The van der Waals surface area contributed by atoms with Crippen LogP contribution in [0.5, 0.6) is 5.88 Å². The van der Waals surface area contributed by atoms with Crippen LogP contribution < -0.4 is 14.5 Å². The Bertz CT molecular complexity index is 2270. The van der Waals surface area contributed by atoms with Crippen LogP contribution in [-0.2, 0) is 0 Å². The Kier molecular flexibility index (Phi) is 14.2. The van der Waals surface area contributed by atoms with Gasteiger partial charge in [0.2, 0.25) is 0 Å². The second kappa shape index (κ2) is 18.5. The molecule has 2 saturated heterocycles. The van der Waals surface area contributed by atoms with E-state index in [-0.39, 0.29) is 10.3 Å². The van der Waals surface area contributed by atoms with E-state index >= 15 is 0 Å². The molecule has 6 aromatic rings. The largest absolute Gasteiger partial charge is 0.478 e. The molecule has 2 aliphatic heterocycles. The summed E-state index contributed by atoms with van der Waals surface area (Å²) in [6, 6.07) is 10.0. The predicted molar refractivity (Wildman–Crippen MR) is 230 cm³/mol. The van der Waals surface area contributed by atoms with Crippen molar-refractivity contribution in [2.24, 2.45) is 0 Å². The van der Waals surface area contributed by atoms with Crippen molar-refractivity contribution in [3.63, 3.8) is 0 Å². The predicted octanol–water partition coefficient (Wildman–Crippen LogP) is 10.3. The molecular formula is C35H31Cl9N10O. The maximum absolute atomic E-state index is 6.26. The minimum absolute atomic E-state index is 0.151. The molecule has 20 heteroatoms. The van der Waals surface area contributed by atoms with Crippen LogP contribution in [0.2, 0.25) is 45.6 Å². The van der Waals surface area contributed by atoms with E-state index in [1.54, 1.807) is 43.5 Å². The van der Waals surface area contributed by atoms with Crippen molar-refractivity contribution in [3.05, 3.63) is 82.0 Å². The third kappa shape index (κ3) is 10.2. The van der Waals surface area contributed by atoms with Gasteiger partial charge in [0.25, 0.3) is 5.88 Å². The molecule has 0 N–H and O–H groups in total. The first kappa shape index (κ1) is 42.2. The lowest BCUT2D eigenvalue weighted by Crippen LogP contribution is -2.45. The number of hydrogen-bond donors (Lipinski definition) is 0. The Morgan fingerprint density at radius 3 is 1.05 bits per heavy atom. The van der Waals surface area contributed by atoms with Crippen LogP contribution in [0.25, 0.3) is 33.1 Å². The lowest BCUT2D eigenvalue weighted by Gasteiger charge is -2.33. The van der Waals surface area contributed by atoms with Gasteiger partial charge in [-0.25, -0.2) is 29.9 Å². The highest BCUT2D eigenvalue weighted by molar-refractivity contribution is 6.44. The van der Waals surface area contributed by atoms with Gasteiger partial charge in [0, 0.05) is 52.4 Å². The monoisotopic (exact) mass is 922 g/mol. The van der Waals surface area contributed by atoms with Crippen molar-refractivity contribution >= 4 is 149 Å². The summed E-state index contributed by atoms with van der Waals surface area (Å²) >= 11 is 53.4. The normalized spacial score (nSPS) is 15.2. The summed E-state index contributed by atoms with van der Waals surface area (Å²) in [5, 5.41) is 3.40. The summed E-state index contributed by atoms with van der Waals surface area (Å²) in [6.07, 6.45) is 0. The van der Waals surface area contributed by atoms with Gasteiger partial charge in [0.1, 0.15) is 0 Å². The number of halogens is 9. The number of nitrogens with zero attached hydrogens (tertiary/aromatic N) is 10. The number of piperazine rings is 2. The molecule has 0 bridgehead atoms. The number of ether oxygens (including phenoxy) is 1. The van der Waals surface area contributed by atoms with Gasteiger partial charge in [-0.1, -0.05) is 104 Å². The first-order valence-electron chi connectivity index (χ1n) is 16.6. The molecule has 2 aliphatic rings. The molecule has 0 spiro atoms. The molecule has 3 aromatic heterocycles.